The van der Waals surface area contributed by atoms with Gasteiger partial charge in [-0.15, -0.1) is 0 Å². The molecule has 0 amide bonds. The molecular weight excluding hydrogens is 621 g/mol. The normalized spacial score (nSPS) is 13.0. The Labute approximate surface area is 239 Å². The summed E-state index contributed by atoms with van der Waals surface area (Å²) in [6.45, 7) is 6.02. The summed E-state index contributed by atoms with van der Waals surface area (Å²) in [5.41, 5.74) is 1.15. The fourth-order valence-electron chi connectivity index (χ4n) is 5.06. The smallest absolute Gasteiger partial charge is 0.282 e. The Hall–Kier alpha value is -2.70. The van der Waals surface area contributed by atoms with Crippen molar-refractivity contribution in [3.63, 3.8) is 0 Å². The first-order valence-corrected chi connectivity index (χ1v) is 17.6. The van der Waals surface area contributed by atoms with Crippen molar-refractivity contribution >= 4 is 40.5 Å². The predicted molar refractivity (Wildman–Crippen MR) is 148 cm³/mol. The summed E-state index contributed by atoms with van der Waals surface area (Å²) in [5, 5.41) is 0. The van der Waals surface area contributed by atoms with Crippen LogP contribution in [0.3, 0.4) is 0 Å². The fourth-order valence-corrected chi connectivity index (χ4v) is 9.00. The van der Waals surface area contributed by atoms with Gasteiger partial charge in [0, 0.05) is 0 Å². The molecule has 0 heterocycles. The Morgan fingerprint density at radius 3 is 1.27 bits per heavy atom. The molecule has 224 valence electrons. The maximum Gasteiger partial charge on any atom is 0.296 e. The van der Waals surface area contributed by atoms with Crippen LogP contribution in [0.5, 0.6) is 0 Å². The molecule has 3 aromatic carbocycles. The zero-order valence-electron chi connectivity index (χ0n) is 22.3. The lowest BCUT2D eigenvalue weighted by molar-refractivity contribution is 0.465. The van der Waals surface area contributed by atoms with Crippen molar-refractivity contribution < 1.29 is 51.9 Å². The molecule has 12 nitrogen and oxygen atoms in total. The first kappa shape index (κ1) is 32.8. The van der Waals surface area contributed by atoms with E-state index in [2.05, 4.69) is 0 Å². The van der Waals surface area contributed by atoms with E-state index in [1.54, 1.807) is 13.0 Å². The number of rotatable bonds is 9. The monoisotopic (exact) mass is 648 g/mol. The van der Waals surface area contributed by atoms with Crippen molar-refractivity contribution in [2.45, 2.75) is 66.5 Å². The van der Waals surface area contributed by atoms with Crippen LogP contribution in [-0.4, -0.2) is 51.9 Å². The molecular formula is C25H28O12S4. The average Bonchev–Trinajstić information content (AvgIpc) is 2.74. The van der Waals surface area contributed by atoms with Crippen LogP contribution >= 0.6 is 0 Å². The molecule has 0 aromatic heterocycles. The Morgan fingerprint density at radius 1 is 0.488 bits per heavy atom. The zero-order valence-corrected chi connectivity index (χ0v) is 25.5. The number of hydrogen-bond donors (Lipinski definition) is 4. The first-order chi connectivity index (χ1) is 18.5. The second-order valence-electron chi connectivity index (χ2n) is 9.65. The third-order valence-corrected chi connectivity index (χ3v) is 10.6. The predicted octanol–water partition coefficient (Wildman–Crippen LogP) is 3.34. The molecule has 0 atom stereocenters. The van der Waals surface area contributed by atoms with Gasteiger partial charge in [0.1, 0.15) is 14.7 Å². The molecule has 0 aliphatic heterocycles. The minimum atomic E-state index is -5.27. The second-order valence-corrected chi connectivity index (χ2v) is 15.1. The molecule has 4 N–H and O–H groups in total. The molecule has 0 unspecified atom stereocenters. The van der Waals surface area contributed by atoms with E-state index in [0.717, 1.165) is 6.07 Å². The van der Waals surface area contributed by atoms with Crippen LogP contribution in [0.15, 0.2) is 56.0 Å². The molecule has 3 rings (SSSR count). The van der Waals surface area contributed by atoms with Crippen LogP contribution in [0.4, 0.5) is 0 Å². The van der Waals surface area contributed by atoms with Gasteiger partial charge >= 0.3 is 0 Å². The van der Waals surface area contributed by atoms with Crippen LogP contribution in [0.2, 0.25) is 0 Å². The van der Waals surface area contributed by atoms with E-state index >= 15 is 0 Å². The zero-order chi connectivity index (χ0) is 31.3. The molecule has 3 aromatic rings. The van der Waals surface area contributed by atoms with Crippen LogP contribution in [-0.2, 0) is 59.7 Å². The van der Waals surface area contributed by atoms with Crippen molar-refractivity contribution in [1.29, 1.82) is 0 Å². The van der Waals surface area contributed by atoms with E-state index in [0.29, 0.717) is 12.0 Å². The van der Waals surface area contributed by atoms with E-state index in [-0.39, 0.29) is 50.3 Å². The van der Waals surface area contributed by atoms with Gasteiger partial charge in [-0.1, -0.05) is 37.3 Å². The minimum absolute atomic E-state index is 0.0144. The van der Waals surface area contributed by atoms with E-state index in [1.807, 2.05) is 0 Å². The molecule has 0 saturated carbocycles. The largest absolute Gasteiger partial charge is 0.296 e. The highest BCUT2D eigenvalue weighted by molar-refractivity contribution is 7.89. The quantitative estimate of drug-likeness (QED) is 0.246. The van der Waals surface area contributed by atoms with Gasteiger partial charge in [0.05, 0.1) is 4.90 Å². The van der Waals surface area contributed by atoms with Crippen molar-refractivity contribution in [2.24, 2.45) is 0 Å². The number of hydrogen-bond acceptors (Lipinski definition) is 8. The van der Waals surface area contributed by atoms with Crippen LogP contribution < -0.4 is 0 Å². The SMILES string of the molecule is CCc1cc(C)c(S(=O)(=O)O)c(Cc2cc(Cc3cc(C)c(S(=O)(=O)O)c(C)c3)c(S(=O)(=O)O)c(S(=O)(=O)O)c2)c1. The van der Waals surface area contributed by atoms with E-state index in [4.69, 9.17) is 0 Å². The number of benzene rings is 3. The lowest BCUT2D eigenvalue weighted by Crippen LogP contribution is -2.14. The average molecular weight is 649 g/mol. The third kappa shape index (κ3) is 7.39. The Kier molecular flexibility index (Phi) is 8.95. The van der Waals surface area contributed by atoms with Crippen molar-refractivity contribution in [3.8, 4) is 0 Å². The standard InChI is InChI=1S/C25H28O12S4/c1-5-17-6-16(4)24(40(32,33)34)20(9-17)11-19-12-21(25(41(35,36)37)22(13-19)38(26,27)28)10-18-7-14(2)23(15(3)8-18)39(29,30)31/h6-9,12-13H,5,10-11H2,1-4H3,(H,26,27,28)(H,29,30,31)(H,32,33,34)(H,35,36,37). The summed E-state index contributed by atoms with van der Waals surface area (Å²) < 4.78 is 137. The molecule has 0 fully saturated rings. The lowest BCUT2D eigenvalue weighted by atomic mass is 9.95. The topological polar surface area (TPSA) is 217 Å². The maximum atomic E-state index is 12.4. The fraction of sp³-hybridized carbons (Fsp3) is 0.280. The van der Waals surface area contributed by atoms with Gasteiger partial charge in [-0.2, -0.15) is 33.7 Å². The molecule has 41 heavy (non-hydrogen) atoms. The van der Waals surface area contributed by atoms with Crippen molar-refractivity contribution in [3.05, 3.63) is 80.9 Å². The Bertz CT molecular complexity index is 1970. The summed E-state index contributed by atoms with van der Waals surface area (Å²) in [5.74, 6) is 0. The Morgan fingerprint density at radius 2 is 0.854 bits per heavy atom. The van der Waals surface area contributed by atoms with Crippen LogP contribution in [0.25, 0.3) is 0 Å². The molecule has 0 radical (unpaired) electrons. The first-order valence-electron chi connectivity index (χ1n) is 11.8. The van der Waals surface area contributed by atoms with Crippen LogP contribution in [0, 0.1) is 20.8 Å². The molecule has 0 aliphatic carbocycles. The van der Waals surface area contributed by atoms with E-state index < -0.39 is 61.6 Å². The summed E-state index contributed by atoms with van der Waals surface area (Å²) >= 11 is 0. The van der Waals surface area contributed by atoms with Gasteiger partial charge in [-0.3, -0.25) is 18.2 Å². The summed E-state index contributed by atoms with van der Waals surface area (Å²) in [7, 11) is -19.9. The van der Waals surface area contributed by atoms with Gasteiger partial charge in [-0.05, 0) is 90.6 Å². The number of aryl methyl sites for hydroxylation is 4. The minimum Gasteiger partial charge on any atom is -0.282 e. The highest BCUT2D eigenvalue weighted by atomic mass is 32.2. The molecule has 0 bridgehead atoms. The van der Waals surface area contributed by atoms with Gasteiger partial charge in [-0.25, -0.2) is 0 Å². The highest BCUT2D eigenvalue weighted by Gasteiger charge is 2.30. The van der Waals surface area contributed by atoms with Crippen molar-refractivity contribution in [1.82, 2.24) is 0 Å². The summed E-state index contributed by atoms with van der Waals surface area (Å²) in [6.07, 6.45) is -0.232. The van der Waals surface area contributed by atoms with Crippen LogP contribution in [0.1, 0.15) is 51.4 Å². The van der Waals surface area contributed by atoms with Gasteiger partial charge in [0.25, 0.3) is 40.5 Å². The third-order valence-electron chi connectivity index (χ3n) is 6.37. The molecule has 16 heteroatoms. The lowest BCUT2D eigenvalue weighted by Gasteiger charge is -2.17. The highest BCUT2D eigenvalue weighted by Crippen LogP contribution is 2.33. The maximum absolute atomic E-state index is 12.4. The molecule has 0 saturated heterocycles. The Balaban J connectivity index is 2.36. The van der Waals surface area contributed by atoms with Gasteiger partial charge in [0.2, 0.25) is 0 Å². The van der Waals surface area contributed by atoms with Gasteiger partial charge in [0.15, 0.2) is 0 Å². The second kappa shape index (κ2) is 11.2. The van der Waals surface area contributed by atoms with E-state index in [9.17, 15) is 51.9 Å². The molecule has 0 spiro atoms. The summed E-state index contributed by atoms with van der Waals surface area (Å²) in [6, 6.07) is 7.65. The molecule has 0 aliphatic rings. The summed E-state index contributed by atoms with van der Waals surface area (Å²) in [4.78, 5) is -3.07. The van der Waals surface area contributed by atoms with Crippen molar-refractivity contribution in [2.75, 3.05) is 0 Å². The van der Waals surface area contributed by atoms with E-state index in [1.165, 1.54) is 45.0 Å². The van der Waals surface area contributed by atoms with Gasteiger partial charge < -0.3 is 0 Å².